The summed E-state index contributed by atoms with van der Waals surface area (Å²) in [4.78, 5) is 0. The lowest BCUT2D eigenvalue weighted by Gasteiger charge is -1.95. The molecule has 1 heterocycles. The van der Waals surface area contributed by atoms with E-state index in [9.17, 15) is 0 Å². The van der Waals surface area contributed by atoms with Gasteiger partial charge in [0.1, 0.15) is 0 Å². The monoisotopic (exact) mass is 179 g/mol. The molecule has 0 aromatic carbocycles. The highest BCUT2D eigenvalue weighted by molar-refractivity contribution is 5.00. The van der Waals surface area contributed by atoms with Crippen LogP contribution in [0.1, 0.15) is 43.4 Å². The molecule has 2 saturated carbocycles. The Balaban J connectivity index is 1.59. The Morgan fingerprint density at radius 2 is 2.08 bits per heavy atom. The largest absolute Gasteiger partial charge is 0.424 e. The average Bonchev–Trinajstić information content (AvgIpc) is 3.03. The van der Waals surface area contributed by atoms with Crippen molar-refractivity contribution in [1.29, 1.82) is 0 Å². The zero-order chi connectivity index (χ0) is 8.67. The van der Waals surface area contributed by atoms with Crippen molar-refractivity contribution in [2.45, 2.75) is 44.2 Å². The van der Waals surface area contributed by atoms with Crippen LogP contribution in [0.5, 0.6) is 0 Å². The first-order valence-electron chi connectivity index (χ1n) is 4.97. The van der Waals surface area contributed by atoms with Gasteiger partial charge in [-0.25, -0.2) is 0 Å². The average molecular weight is 179 g/mol. The van der Waals surface area contributed by atoms with Crippen LogP contribution in [0.15, 0.2) is 4.42 Å². The van der Waals surface area contributed by atoms with E-state index in [-0.39, 0.29) is 0 Å². The van der Waals surface area contributed by atoms with Gasteiger partial charge in [-0.05, 0) is 25.7 Å². The topological polar surface area (TPSA) is 51.0 Å². The molecule has 0 bridgehead atoms. The number of hydrogen-bond acceptors (Lipinski definition) is 4. The first kappa shape index (κ1) is 7.50. The standard InChI is InChI=1S/C9H13N3O/c1-2-6(1)9-12-11-8(13-9)5-10-7-3-4-7/h6-7,10H,1-5H2. The predicted octanol–water partition coefficient (Wildman–Crippen LogP) is 1.20. The SMILES string of the molecule is C(NC1CC1)c1nnc(C2CC2)o1. The Morgan fingerprint density at radius 1 is 1.23 bits per heavy atom. The van der Waals surface area contributed by atoms with E-state index in [4.69, 9.17) is 4.42 Å². The van der Waals surface area contributed by atoms with E-state index >= 15 is 0 Å². The van der Waals surface area contributed by atoms with Crippen molar-refractivity contribution in [3.05, 3.63) is 11.8 Å². The van der Waals surface area contributed by atoms with E-state index in [1.54, 1.807) is 0 Å². The van der Waals surface area contributed by atoms with Gasteiger partial charge in [0.15, 0.2) is 0 Å². The summed E-state index contributed by atoms with van der Waals surface area (Å²) >= 11 is 0. The number of nitrogens with one attached hydrogen (secondary N) is 1. The first-order chi connectivity index (χ1) is 6.42. The van der Waals surface area contributed by atoms with E-state index in [2.05, 4.69) is 15.5 Å². The zero-order valence-electron chi connectivity index (χ0n) is 7.49. The molecule has 70 valence electrons. The molecule has 2 fully saturated rings. The van der Waals surface area contributed by atoms with Gasteiger partial charge in [0.2, 0.25) is 11.8 Å². The third-order valence-corrected chi connectivity index (χ3v) is 2.53. The number of aromatic nitrogens is 2. The van der Waals surface area contributed by atoms with E-state index < -0.39 is 0 Å². The zero-order valence-corrected chi connectivity index (χ0v) is 7.49. The van der Waals surface area contributed by atoms with Crippen molar-refractivity contribution in [1.82, 2.24) is 15.5 Å². The van der Waals surface area contributed by atoms with Crippen molar-refractivity contribution in [2.24, 2.45) is 0 Å². The molecule has 2 aliphatic carbocycles. The fourth-order valence-electron chi connectivity index (χ4n) is 1.35. The molecule has 0 saturated heterocycles. The van der Waals surface area contributed by atoms with E-state index in [0.29, 0.717) is 12.0 Å². The molecule has 0 unspecified atom stereocenters. The lowest BCUT2D eigenvalue weighted by atomic mass is 10.4. The smallest absolute Gasteiger partial charge is 0.230 e. The minimum absolute atomic E-state index is 0.571. The summed E-state index contributed by atoms with van der Waals surface area (Å²) in [5.41, 5.74) is 0. The Labute approximate surface area is 76.7 Å². The lowest BCUT2D eigenvalue weighted by molar-refractivity contribution is 0.432. The van der Waals surface area contributed by atoms with Gasteiger partial charge in [-0.2, -0.15) is 0 Å². The third-order valence-electron chi connectivity index (χ3n) is 2.53. The second-order valence-corrected chi connectivity index (χ2v) is 3.96. The second-order valence-electron chi connectivity index (χ2n) is 3.96. The van der Waals surface area contributed by atoms with E-state index in [1.807, 2.05) is 0 Å². The molecule has 0 atom stereocenters. The highest BCUT2D eigenvalue weighted by Gasteiger charge is 2.29. The predicted molar refractivity (Wildman–Crippen MR) is 46.1 cm³/mol. The molecule has 0 aliphatic heterocycles. The number of nitrogens with zero attached hydrogens (tertiary/aromatic N) is 2. The molecule has 4 nitrogen and oxygen atoms in total. The highest BCUT2D eigenvalue weighted by Crippen LogP contribution is 2.38. The number of rotatable bonds is 4. The fraction of sp³-hybridized carbons (Fsp3) is 0.778. The molecular formula is C9H13N3O. The summed E-state index contributed by atoms with van der Waals surface area (Å²) < 4.78 is 5.50. The van der Waals surface area contributed by atoms with Crippen molar-refractivity contribution in [2.75, 3.05) is 0 Å². The highest BCUT2D eigenvalue weighted by atomic mass is 16.4. The van der Waals surface area contributed by atoms with Gasteiger partial charge in [0.25, 0.3) is 0 Å². The van der Waals surface area contributed by atoms with Crippen LogP contribution in [0.3, 0.4) is 0 Å². The summed E-state index contributed by atoms with van der Waals surface area (Å²) in [5, 5.41) is 11.4. The normalized spacial score (nSPS) is 22.2. The molecule has 13 heavy (non-hydrogen) atoms. The van der Waals surface area contributed by atoms with Crippen LogP contribution in [0.25, 0.3) is 0 Å². The van der Waals surface area contributed by atoms with Crippen LogP contribution in [0, 0.1) is 0 Å². The molecule has 1 aromatic heterocycles. The Kier molecular flexibility index (Phi) is 1.62. The molecule has 2 aliphatic rings. The quantitative estimate of drug-likeness (QED) is 0.754. The van der Waals surface area contributed by atoms with Crippen LogP contribution in [-0.2, 0) is 6.54 Å². The van der Waals surface area contributed by atoms with Crippen molar-refractivity contribution >= 4 is 0 Å². The summed E-state index contributed by atoms with van der Waals surface area (Å²) in [6.07, 6.45) is 5.03. The molecule has 4 heteroatoms. The second kappa shape index (κ2) is 2.80. The van der Waals surface area contributed by atoms with Gasteiger partial charge in [-0.1, -0.05) is 0 Å². The van der Waals surface area contributed by atoms with E-state index in [1.165, 1.54) is 25.7 Å². The Morgan fingerprint density at radius 3 is 2.77 bits per heavy atom. The minimum Gasteiger partial charge on any atom is -0.424 e. The van der Waals surface area contributed by atoms with Crippen molar-refractivity contribution in [3.8, 4) is 0 Å². The molecule has 0 radical (unpaired) electrons. The van der Waals surface area contributed by atoms with Gasteiger partial charge in [0, 0.05) is 12.0 Å². The van der Waals surface area contributed by atoms with Gasteiger partial charge in [-0.3, -0.25) is 0 Å². The summed E-state index contributed by atoms with van der Waals surface area (Å²) in [6.45, 7) is 0.740. The summed E-state index contributed by atoms with van der Waals surface area (Å²) in [5.74, 6) is 2.16. The molecular weight excluding hydrogens is 166 g/mol. The first-order valence-corrected chi connectivity index (χ1v) is 4.97. The van der Waals surface area contributed by atoms with Crippen molar-refractivity contribution in [3.63, 3.8) is 0 Å². The Bertz CT molecular complexity index is 302. The maximum absolute atomic E-state index is 5.50. The number of hydrogen-bond donors (Lipinski definition) is 1. The molecule has 0 spiro atoms. The maximum Gasteiger partial charge on any atom is 0.230 e. The maximum atomic E-state index is 5.50. The van der Waals surface area contributed by atoms with Crippen LogP contribution in [-0.4, -0.2) is 16.2 Å². The van der Waals surface area contributed by atoms with Crippen LogP contribution < -0.4 is 5.32 Å². The third kappa shape index (κ3) is 1.72. The lowest BCUT2D eigenvalue weighted by Crippen LogP contribution is -2.15. The molecule has 3 rings (SSSR count). The summed E-state index contributed by atoms with van der Waals surface area (Å²) in [7, 11) is 0. The van der Waals surface area contributed by atoms with Gasteiger partial charge in [0.05, 0.1) is 6.54 Å². The molecule has 1 N–H and O–H groups in total. The van der Waals surface area contributed by atoms with Crippen molar-refractivity contribution < 1.29 is 4.42 Å². The van der Waals surface area contributed by atoms with Crippen LogP contribution in [0.2, 0.25) is 0 Å². The van der Waals surface area contributed by atoms with E-state index in [0.717, 1.165) is 18.3 Å². The molecule has 1 aromatic rings. The van der Waals surface area contributed by atoms with Gasteiger partial charge >= 0.3 is 0 Å². The fourth-order valence-corrected chi connectivity index (χ4v) is 1.35. The van der Waals surface area contributed by atoms with Gasteiger partial charge < -0.3 is 9.73 Å². The Hall–Kier alpha value is -0.900. The summed E-state index contributed by atoms with van der Waals surface area (Å²) in [6, 6.07) is 0.705. The van der Waals surface area contributed by atoms with Crippen LogP contribution >= 0.6 is 0 Å². The molecule has 0 amide bonds. The minimum atomic E-state index is 0.571. The van der Waals surface area contributed by atoms with Crippen LogP contribution in [0.4, 0.5) is 0 Å². The van der Waals surface area contributed by atoms with Gasteiger partial charge in [-0.15, -0.1) is 10.2 Å².